The third-order valence-electron chi connectivity index (χ3n) is 5.45. The van der Waals surface area contributed by atoms with E-state index in [1.807, 2.05) is 37.3 Å². The normalized spacial score (nSPS) is 28.0. The first-order valence-corrected chi connectivity index (χ1v) is 10.9. The molecule has 0 spiro atoms. The van der Waals surface area contributed by atoms with Gasteiger partial charge in [0.2, 0.25) is 11.8 Å². The maximum absolute atomic E-state index is 13.1. The lowest BCUT2D eigenvalue weighted by Crippen LogP contribution is -2.47. The molecule has 2 heterocycles. The lowest BCUT2D eigenvalue weighted by molar-refractivity contribution is -0.144. The predicted molar refractivity (Wildman–Crippen MR) is 113 cm³/mol. The number of carbonyl (C=O) groups excluding carboxylic acids is 3. The minimum absolute atomic E-state index is 0.0383. The maximum Gasteiger partial charge on any atom is 0.309 e. The molecule has 1 saturated heterocycles. The van der Waals surface area contributed by atoms with Crippen molar-refractivity contribution in [2.75, 3.05) is 13.2 Å². The second kappa shape index (κ2) is 10.1. The number of fused-ring (bicyclic) bond motifs is 1. The molecule has 1 N–H and O–H groups in total. The fourth-order valence-corrected chi connectivity index (χ4v) is 4.14. The Morgan fingerprint density at radius 3 is 2.66 bits per heavy atom. The van der Waals surface area contributed by atoms with Gasteiger partial charge in [-0.1, -0.05) is 47.1 Å². The monoisotopic (exact) mass is 462 g/mol. The van der Waals surface area contributed by atoms with Crippen LogP contribution in [-0.4, -0.2) is 41.9 Å². The van der Waals surface area contributed by atoms with Crippen LogP contribution in [0.5, 0.6) is 0 Å². The first kappa shape index (κ1) is 21.6. The second-order valence-electron chi connectivity index (χ2n) is 7.60. The van der Waals surface area contributed by atoms with E-state index in [-0.39, 0.29) is 49.2 Å². The van der Waals surface area contributed by atoms with Crippen LogP contribution in [0.1, 0.15) is 50.6 Å². The molecule has 0 aliphatic carbocycles. The quantitative estimate of drug-likeness (QED) is 0.511. The summed E-state index contributed by atoms with van der Waals surface area (Å²) in [4.78, 5) is 39.3. The molecule has 7 heteroatoms. The summed E-state index contributed by atoms with van der Waals surface area (Å²) in [6, 6.07) is 7.13. The number of esters is 1. The Morgan fingerprint density at radius 2 is 1.90 bits per heavy atom. The summed E-state index contributed by atoms with van der Waals surface area (Å²) in [7, 11) is 0. The molecule has 1 fully saturated rings. The van der Waals surface area contributed by atoms with Crippen molar-refractivity contribution in [2.45, 2.75) is 51.1 Å². The summed E-state index contributed by atoms with van der Waals surface area (Å²) >= 11 is 3.44. The molecular formula is C22H27BrN2O4. The summed E-state index contributed by atoms with van der Waals surface area (Å²) in [5, 5.41) is 3.16. The van der Waals surface area contributed by atoms with E-state index in [0.717, 1.165) is 16.5 Å². The van der Waals surface area contributed by atoms with Gasteiger partial charge in [0.05, 0.1) is 19.1 Å². The van der Waals surface area contributed by atoms with Gasteiger partial charge in [0, 0.05) is 17.4 Å². The number of nitrogens with zero attached hydrogens (tertiary/aromatic N) is 1. The third-order valence-corrected chi connectivity index (χ3v) is 5.98. The highest BCUT2D eigenvalue weighted by Crippen LogP contribution is 2.27. The van der Waals surface area contributed by atoms with Crippen LogP contribution in [0.2, 0.25) is 0 Å². The standard InChI is InChI=1S/C22H27BrN2O4/c1-15-5-2-8-20(27)29-14-4-7-19(26)25-13-3-6-18(25)22(28)24-21(15)16-9-11-17(23)12-10-16/h2,5,9-12,15,18,21H,3-4,6-8,13-14H2,1H3,(H,24,28)/b5-2+/t15-,18+,21+/m0/s1. The highest BCUT2D eigenvalue weighted by molar-refractivity contribution is 9.10. The predicted octanol–water partition coefficient (Wildman–Crippen LogP) is 3.52. The lowest BCUT2D eigenvalue weighted by Gasteiger charge is -2.29. The number of benzene rings is 1. The summed E-state index contributed by atoms with van der Waals surface area (Å²) in [6.07, 6.45) is 6.13. The van der Waals surface area contributed by atoms with Crippen LogP contribution in [0.25, 0.3) is 0 Å². The molecule has 3 rings (SSSR count). The number of nitrogens with one attached hydrogen (secondary N) is 1. The number of hydrogen-bond acceptors (Lipinski definition) is 4. The van der Waals surface area contributed by atoms with E-state index in [2.05, 4.69) is 21.2 Å². The van der Waals surface area contributed by atoms with Crippen molar-refractivity contribution in [2.24, 2.45) is 5.92 Å². The van der Waals surface area contributed by atoms with E-state index in [9.17, 15) is 14.4 Å². The molecular weight excluding hydrogens is 436 g/mol. The van der Waals surface area contributed by atoms with Gasteiger partial charge in [-0.05, 0) is 42.9 Å². The van der Waals surface area contributed by atoms with Crippen molar-refractivity contribution in [1.82, 2.24) is 10.2 Å². The Morgan fingerprint density at radius 1 is 1.14 bits per heavy atom. The van der Waals surface area contributed by atoms with E-state index < -0.39 is 6.04 Å². The van der Waals surface area contributed by atoms with Gasteiger partial charge in [0.25, 0.3) is 0 Å². The van der Waals surface area contributed by atoms with Crippen molar-refractivity contribution in [3.8, 4) is 0 Å². The maximum atomic E-state index is 13.1. The number of halogens is 1. The zero-order valence-corrected chi connectivity index (χ0v) is 18.2. The number of rotatable bonds is 1. The van der Waals surface area contributed by atoms with Crippen LogP contribution in [0, 0.1) is 5.92 Å². The molecule has 0 unspecified atom stereocenters. The number of hydrogen-bond donors (Lipinski definition) is 1. The summed E-state index contributed by atoms with van der Waals surface area (Å²) in [6.45, 7) is 2.82. The van der Waals surface area contributed by atoms with Gasteiger partial charge in [0.15, 0.2) is 0 Å². The molecule has 3 atom stereocenters. The molecule has 0 bridgehead atoms. The Kier molecular flexibility index (Phi) is 7.47. The summed E-state index contributed by atoms with van der Waals surface area (Å²) in [5.41, 5.74) is 0.974. The molecule has 29 heavy (non-hydrogen) atoms. The Labute approximate surface area is 179 Å². The zero-order valence-electron chi connectivity index (χ0n) is 16.6. The topological polar surface area (TPSA) is 75.7 Å². The summed E-state index contributed by atoms with van der Waals surface area (Å²) in [5.74, 6) is -0.520. The first-order valence-electron chi connectivity index (χ1n) is 10.1. The minimum atomic E-state index is -0.440. The molecule has 6 nitrogen and oxygen atoms in total. The first-order chi connectivity index (χ1) is 14.0. The van der Waals surface area contributed by atoms with E-state index in [4.69, 9.17) is 4.74 Å². The van der Waals surface area contributed by atoms with Crippen molar-refractivity contribution in [3.05, 3.63) is 46.5 Å². The fraction of sp³-hybridized carbons (Fsp3) is 0.500. The Bertz CT molecular complexity index is 778. The van der Waals surface area contributed by atoms with Crippen molar-refractivity contribution < 1.29 is 19.1 Å². The number of ether oxygens (including phenoxy) is 1. The van der Waals surface area contributed by atoms with Crippen LogP contribution in [0.3, 0.4) is 0 Å². The molecule has 0 aromatic heterocycles. The molecule has 1 aromatic rings. The van der Waals surface area contributed by atoms with Gasteiger partial charge in [-0.2, -0.15) is 0 Å². The van der Waals surface area contributed by atoms with Crippen molar-refractivity contribution in [3.63, 3.8) is 0 Å². The third kappa shape index (κ3) is 5.69. The van der Waals surface area contributed by atoms with Gasteiger partial charge in [-0.25, -0.2) is 0 Å². The molecule has 2 aliphatic rings. The molecule has 0 radical (unpaired) electrons. The van der Waals surface area contributed by atoms with Crippen molar-refractivity contribution in [1.29, 1.82) is 0 Å². The average molecular weight is 463 g/mol. The summed E-state index contributed by atoms with van der Waals surface area (Å²) < 4.78 is 6.17. The molecule has 1 aromatic carbocycles. The minimum Gasteiger partial charge on any atom is -0.465 e. The van der Waals surface area contributed by atoms with E-state index in [1.54, 1.807) is 11.0 Å². The van der Waals surface area contributed by atoms with Gasteiger partial charge >= 0.3 is 5.97 Å². The fourth-order valence-electron chi connectivity index (χ4n) is 3.88. The SMILES string of the molecule is C[C@H]1/C=C/CC(=O)OCCCC(=O)N2CCC[C@@H]2C(=O)N[C@H]1c1ccc(Br)cc1. The van der Waals surface area contributed by atoms with Crippen LogP contribution in [-0.2, 0) is 19.1 Å². The van der Waals surface area contributed by atoms with Gasteiger partial charge < -0.3 is 15.0 Å². The Balaban J connectivity index is 1.87. The number of amides is 2. The number of carbonyl (C=O) groups is 3. The largest absolute Gasteiger partial charge is 0.465 e. The van der Waals surface area contributed by atoms with Crippen LogP contribution < -0.4 is 5.32 Å². The zero-order chi connectivity index (χ0) is 20.8. The second-order valence-corrected chi connectivity index (χ2v) is 8.51. The molecule has 2 aliphatic heterocycles. The van der Waals surface area contributed by atoms with Gasteiger partial charge in [-0.3, -0.25) is 14.4 Å². The van der Waals surface area contributed by atoms with E-state index in [0.29, 0.717) is 19.4 Å². The van der Waals surface area contributed by atoms with Crippen LogP contribution in [0.15, 0.2) is 40.9 Å². The molecule has 2 amide bonds. The van der Waals surface area contributed by atoms with Crippen LogP contribution >= 0.6 is 15.9 Å². The van der Waals surface area contributed by atoms with Gasteiger partial charge in [-0.15, -0.1) is 0 Å². The van der Waals surface area contributed by atoms with E-state index in [1.165, 1.54) is 0 Å². The van der Waals surface area contributed by atoms with Gasteiger partial charge in [0.1, 0.15) is 6.04 Å². The Hall–Kier alpha value is -2.15. The van der Waals surface area contributed by atoms with E-state index >= 15 is 0 Å². The van der Waals surface area contributed by atoms with Crippen molar-refractivity contribution >= 4 is 33.7 Å². The number of cyclic esters (lactones) is 1. The van der Waals surface area contributed by atoms with Crippen LogP contribution in [0.4, 0.5) is 0 Å². The highest BCUT2D eigenvalue weighted by Gasteiger charge is 2.35. The smallest absolute Gasteiger partial charge is 0.309 e. The average Bonchev–Trinajstić information content (AvgIpc) is 3.19. The lowest BCUT2D eigenvalue weighted by atomic mass is 9.93. The highest BCUT2D eigenvalue weighted by atomic mass is 79.9. The molecule has 156 valence electrons. The molecule has 0 saturated carbocycles.